The maximum absolute atomic E-state index is 12.5. The maximum Gasteiger partial charge on any atom is 0.237 e. The van der Waals surface area contributed by atoms with Gasteiger partial charge in [0.15, 0.2) is 0 Å². The van der Waals surface area contributed by atoms with E-state index >= 15 is 0 Å². The minimum Gasteiger partial charge on any atom is -0.358 e. The van der Waals surface area contributed by atoms with E-state index in [1.54, 1.807) is 13.1 Å². The van der Waals surface area contributed by atoms with Crippen LogP contribution in [-0.4, -0.2) is 48.9 Å². The zero-order valence-electron chi connectivity index (χ0n) is 13.6. The second kappa shape index (κ2) is 8.32. The predicted molar refractivity (Wildman–Crippen MR) is 87.4 cm³/mol. The summed E-state index contributed by atoms with van der Waals surface area (Å²) in [5.41, 5.74) is 0. The molecule has 124 valence electrons. The number of hydrogen-bond acceptors (Lipinski definition) is 3. The Morgan fingerprint density at radius 1 is 1.23 bits per heavy atom. The first-order valence-electron chi connectivity index (χ1n) is 8.55. The standard InChI is InChI=1S/C17H29N3O2/c1-3-11-19-16(21)14-10-7-12-20(14)15(17(22)18-2)13-8-5-4-6-9-13/h3,13-15H,1,4-12H2,2H3,(H,18,22)(H,19,21)/t14-,15+/m0/s1. The van der Waals surface area contributed by atoms with Gasteiger partial charge >= 0.3 is 0 Å². The van der Waals surface area contributed by atoms with Crippen LogP contribution in [0.3, 0.4) is 0 Å². The molecule has 2 rings (SSSR count). The summed E-state index contributed by atoms with van der Waals surface area (Å²) in [7, 11) is 1.70. The molecule has 1 saturated carbocycles. The molecule has 0 bridgehead atoms. The molecule has 0 aromatic carbocycles. The molecule has 0 aromatic rings. The van der Waals surface area contributed by atoms with E-state index < -0.39 is 0 Å². The summed E-state index contributed by atoms with van der Waals surface area (Å²) < 4.78 is 0. The van der Waals surface area contributed by atoms with Gasteiger partial charge in [0.25, 0.3) is 0 Å². The van der Waals surface area contributed by atoms with Gasteiger partial charge in [0, 0.05) is 13.6 Å². The van der Waals surface area contributed by atoms with Crippen LogP contribution in [0.1, 0.15) is 44.9 Å². The number of likely N-dealkylation sites (tertiary alicyclic amines) is 1. The molecule has 22 heavy (non-hydrogen) atoms. The van der Waals surface area contributed by atoms with Crippen molar-refractivity contribution in [2.45, 2.75) is 57.0 Å². The third-order valence-corrected chi connectivity index (χ3v) is 4.99. The summed E-state index contributed by atoms with van der Waals surface area (Å²) in [6.45, 7) is 4.95. The minimum atomic E-state index is -0.177. The molecular weight excluding hydrogens is 278 g/mol. The molecule has 0 unspecified atom stereocenters. The highest BCUT2D eigenvalue weighted by Crippen LogP contribution is 2.32. The molecule has 5 heteroatoms. The van der Waals surface area contributed by atoms with E-state index in [-0.39, 0.29) is 23.9 Å². The summed E-state index contributed by atoms with van der Waals surface area (Å²) in [5, 5.41) is 5.70. The van der Waals surface area contributed by atoms with E-state index in [2.05, 4.69) is 22.1 Å². The minimum absolute atomic E-state index is 0.0297. The number of nitrogens with zero attached hydrogens (tertiary/aromatic N) is 1. The van der Waals surface area contributed by atoms with Crippen molar-refractivity contribution in [2.75, 3.05) is 20.1 Å². The van der Waals surface area contributed by atoms with Crippen LogP contribution in [0.25, 0.3) is 0 Å². The normalized spacial score (nSPS) is 24.7. The van der Waals surface area contributed by atoms with Gasteiger partial charge < -0.3 is 10.6 Å². The van der Waals surface area contributed by atoms with Crippen LogP contribution >= 0.6 is 0 Å². The fraction of sp³-hybridized carbons (Fsp3) is 0.765. The smallest absolute Gasteiger partial charge is 0.237 e. The average molecular weight is 307 g/mol. The summed E-state index contributed by atoms with van der Waals surface area (Å²) in [6, 6.07) is -0.337. The van der Waals surface area contributed by atoms with Crippen LogP contribution in [0.2, 0.25) is 0 Å². The van der Waals surface area contributed by atoms with Crippen molar-refractivity contribution in [1.29, 1.82) is 0 Å². The van der Waals surface area contributed by atoms with Gasteiger partial charge in [0.1, 0.15) is 0 Å². The SMILES string of the molecule is C=CCNC(=O)[C@@H]1CCCN1[C@@H](C(=O)NC)C1CCCCC1. The maximum atomic E-state index is 12.5. The van der Waals surface area contributed by atoms with E-state index in [1.165, 1.54) is 19.3 Å². The van der Waals surface area contributed by atoms with E-state index in [1.807, 2.05) is 0 Å². The predicted octanol–water partition coefficient (Wildman–Crippen LogP) is 1.45. The van der Waals surface area contributed by atoms with E-state index in [9.17, 15) is 9.59 Å². The molecule has 1 saturated heterocycles. The third kappa shape index (κ3) is 3.88. The van der Waals surface area contributed by atoms with E-state index in [4.69, 9.17) is 0 Å². The fourth-order valence-corrected chi connectivity index (χ4v) is 3.93. The van der Waals surface area contributed by atoms with Crippen molar-refractivity contribution in [1.82, 2.24) is 15.5 Å². The zero-order chi connectivity index (χ0) is 15.9. The lowest BCUT2D eigenvalue weighted by Crippen LogP contribution is -2.56. The van der Waals surface area contributed by atoms with Gasteiger partial charge in [-0.2, -0.15) is 0 Å². The number of likely N-dealkylation sites (N-methyl/N-ethyl adjacent to an activating group) is 1. The van der Waals surface area contributed by atoms with Gasteiger partial charge in [-0.25, -0.2) is 0 Å². The summed E-state index contributed by atoms with van der Waals surface area (Å²) >= 11 is 0. The van der Waals surface area contributed by atoms with Crippen molar-refractivity contribution in [2.24, 2.45) is 5.92 Å². The second-order valence-electron chi connectivity index (χ2n) is 6.39. The van der Waals surface area contributed by atoms with Crippen LogP contribution in [0.15, 0.2) is 12.7 Å². The lowest BCUT2D eigenvalue weighted by molar-refractivity contribution is -0.133. The van der Waals surface area contributed by atoms with Crippen LogP contribution in [0.5, 0.6) is 0 Å². The third-order valence-electron chi connectivity index (χ3n) is 4.99. The Balaban J connectivity index is 2.12. The molecule has 2 N–H and O–H groups in total. The van der Waals surface area contributed by atoms with Gasteiger partial charge in [-0.05, 0) is 38.1 Å². The molecular formula is C17H29N3O2. The highest BCUT2D eigenvalue weighted by molar-refractivity contribution is 5.85. The molecule has 2 fully saturated rings. The van der Waals surface area contributed by atoms with Crippen LogP contribution < -0.4 is 10.6 Å². The van der Waals surface area contributed by atoms with Gasteiger partial charge in [-0.3, -0.25) is 14.5 Å². The van der Waals surface area contributed by atoms with Crippen molar-refractivity contribution < 1.29 is 9.59 Å². The molecule has 0 spiro atoms. The van der Waals surface area contributed by atoms with Crippen LogP contribution in [0, 0.1) is 5.92 Å². The first kappa shape index (κ1) is 17.0. The Morgan fingerprint density at radius 2 is 1.95 bits per heavy atom. The Hall–Kier alpha value is -1.36. The lowest BCUT2D eigenvalue weighted by atomic mass is 9.82. The number of amides is 2. The quantitative estimate of drug-likeness (QED) is 0.730. The fourth-order valence-electron chi connectivity index (χ4n) is 3.93. The largest absolute Gasteiger partial charge is 0.358 e. The molecule has 0 radical (unpaired) electrons. The van der Waals surface area contributed by atoms with Gasteiger partial charge in [-0.1, -0.05) is 25.3 Å². The Bertz CT molecular complexity index is 405. The van der Waals surface area contributed by atoms with E-state index in [0.29, 0.717) is 12.5 Å². The van der Waals surface area contributed by atoms with Gasteiger partial charge in [-0.15, -0.1) is 6.58 Å². The molecule has 2 atom stereocenters. The molecule has 5 nitrogen and oxygen atoms in total. The van der Waals surface area contributed by atoms with Crippen molar-refractivity contribution >= 4 is 11.8 Å². The topological polar surface area (TPSA) is 61.4 Å². The molecule has 2 aliphatic rings. The van der Waals surface area contributed by atoms with Crippen molar-refractivity contribution in [3.05, 3.63) is 12.7 Å². The molecule has 0 aromatic heterocycles. The Kier molecular flexibility index (Phi) is 6.43. The number of carbonyl (C=O) groups is 2. The second-order valence-corrected chi connectivity index (χ2v) is 6.39. The summed E-state index contributed by atoms with van der Waals surface area (Å²) in [6.07, 6.45) is 9.34. The first-order chi connectivity index (χ1) is 10.7. The molecule has 1 heterocycles. The summed E-state index contributed by atoms with van der Waals surface area (Å²) in [5.74, 6) is 0.471. The van der Waals surface area contributed by atoms with Crippen LogP contribution in [-0.2, 0) is 9.59 Å². The van der Waals surface area contributed by atoms with Crippen molar-refractivity contribution in [3.8, 4) is 0 Å². The summed E-state index contributed by atoms with van der Waals surface area (Å²) in [4.78, 5) is 27.0. The highest BCUT2D eigenvalue weighted by Gasteiger charge is 2.41. The molecule has 1 aliphatic carbocycles. The first-order valence-corrected chi connectivity index (χ1v) is 8.55. The highest BCUT2D eigenvalue weighted by atomic mass is 16.2. The number of carbonyl (C=O) groups excluding carboxylic acids is 2. The molecule has 2 amide bonds. The Morgan fingerprint density at radius 3 is 2.59 bits per heavy atom. The van der Waals surface area contributed by atoms with Gasteiger partial charge in [0.05, 0.1) is 12.1 Å². The number of nitrogens with one attached hydrogen (secondary N) is 2. The van der Waals surface area contributed by atoms with Crippen LogP contribution in [0.4, 0.5) is 0 Å². The van der Waals surface area contributed by atoms with E-state index in [0.717, 1.165) is 32.2 Å². The number of hydrogen-bond donors (Lipinski definition) is 2. The number of rotatable bonds is 6. The average Bonchev–Trinajstić information content (AvgIpc) is 3.03. The monoisotopic (exact) mass is 307 g/mol. The molecule has 1 aliphatic heterocycles. The van der Waals surface area contributed by atoms with Crippen molar-refractivity contribution in [3.63, 3.8) is 0 Å². The lowest BCUT2D eigenvalue weighted by Gasteiger charge is -2.38. The zero-order valence-corrected chi connectivity index (χ0v) is 13.6. The Labute approximate surface area is 133 Å². The van der Waals surface area contributed by atoms with Gasteiger partial charge in [0.2, 0.25) is 11.8 Å².